The second kappa shape index (κ2) is 6.85. The third-order valence-electron chi connectivity index (χ3n) is 3.29. The Bertz CT molecular complexity index is 711. The number of anilines is 1. The molecule has 2 amide bonds. The summed E-state index contributed by atoms with van der Waals surface area (Å²) in [6, 6.07) is 8.12. The maximum Gasteiger partial charge on any atom is 0.313 e. The Morgan fingerprint density at radius 1 is 1.30 bits per heavy atom. The van der Waals surface area contributed by atoms with Gasteiger partial charge in [0.05, 0.1) is 12.8 Å². The van der Waals surface area contributed by atoms with Crippen molar-refractivity contribution in [2.24, 2.45) is 0 Å². The molecule has 0 saturated carbocycles. The minimum Gasteiger partial charge on any atom is -0.466 e. The minimum atomic E-state index is -1.41. The Hall–Kier alpha value is -2.31. The van der Waals surface area contributed by atoms with Crippen molar-refractivity contribution in [1.82, 2.24) is 5.32 Å². The first-order valence-electron chi connectivity index (χ1n) is 6.91. The molecule has 23 heavy (non-hydrogen) atoms. The molecule has 2 rings (SSSR count). The van der Waals surface area contributed by atoms with E-state index in [9.17, 15) is 14.7 Å². The molecular weight excluding hydrogens is 320 g/mol. The van der Waals surface area contributed by atoms with Crippen LogP contribution >= 0.6 is 11.6 Å². The fraction of sp³-hybridized carbons (Fsp3) is 0.250. The molecule has 0 aliphatic carbocycles. The second-order valence-corrected chi connectivity index (χ2v) is 5.78. The average Bonchev–Trinajstić information content (AvgIpc) is 3.02. The Morgan fingerprint density at radius 3 is 2.65 bits per heavy atom. The quantitative estimate of drug-likeness (QED) is 0.746. The average molecular weight is 337 g/mol. The van der Waals surface area contributed by atoms with E-state index in [1.54, 1.807) is 37.3 Å². The molecule has 1 aromatic carbocycles. The summed E-state index contributed by atoms with van der Waals surface area (Å²) in [6.07, 6.45) is 1.42. The lowest BCUT2D eigenvalue weighted by Crippen LogP contribution is -2.43. The molecule has 0 aliphatic heterocycles. The van der Waals surface area contributed by atoms with Gasteiger partial charge in [0, 0.05) is 10.7 Å². The lowest BCUT2D eigenvalue weighted by Gasteiger charge is -2.21. The Morgan fingerprint density at radius 2 is 2.04 bits per heavy atom. The summed E-state index contributed by atoms with van der Waals surface area (Å²) in [4.78, 5) is 23.7. The van der Waals surface area contributed by atoms with Crippen LogP contribution in [-0.4, -0.2) is 23.5 Å². The zero-order valence-corrected chi connectivity index (χ0v) is 13.5. The van der Waals surface area contributed by atoms with E-state index in [4.69, 9.17) is 16.0 Å². The van der Waals surface area contributed by atoms with E-state index in [-0.39, 0.29) is 6.54 Å². The van der Waals surface area contributed by atoms with Gasteiger partial charge in [0.25, 0.3) is 0 Å². The molecule has 1 unspecified atom stereocenters. The van der Waals surface area contributed by atoms with Gasteiger partial charge in [-0.05, 0) is 49.7 Å². The van der Waals surface area contributed by atoms with Crippen LogP contribution in [0.15, 0.2) is 41.0 Å². The third kappa shape index (κ3) is 4.34. The van der Waals surface area contributed by atoms with Crippen LogP contribution in [0.4, 0.5) is 5.69 Å². The zero-order valence-electron chi connectivity index (χ0n) is 12.7. The van der Waals surface area contributed by atoms with Crippen LogP contribution in [0, 0.1) is 6.92 Å². The fourth-order valence-electron chi connectivity index (χ4n) is 1.95. The topological polar surface area (TPSA) is 91.6 Å². The van der Waals surface area contributed by atoms with Crippen molar-refractivity contribution in [2.45, 2.75) is 19.4 Å². The number of aliphatic hydroxyl groups is 1. The van der Waals surface area contributed by atoms with E-state index in [0.29, 0.717) is 16.5 Å². The fourth-order valence-corrected chi connectivity index (χ4v) is 2.18. The molecule has 0 saturated heterocycles. The summed E-state index contributed by atoms with van der Waals surface area (Å²) in [6.45, 7) is 3.08. The smallest absolute Gasteiger partial charge is 0.313 e. The van der Waals surface area contributed by atoms with Gasteiger partial charge < -0.3 is 20.2 Å². The third-order valence-corrected chi connectivity index (χ3v) is 3.52. The SMILES string of the molecule is Cc1cc(Cl)ccc1NC(=O)C(=O)NCC(C)(O)c1ccco1. The number of amides is 2. The van der Waals surface area contributed by atoms with Crippen molar-refractivity contribution in [3.63, 3.8) is 0 Å². The van der Waals surface area contributed by atoms with E-state index in [0.717, 1.165) is 5.56 Å². The lowest BCUT2D eigenvalue weighted by atomic mass is 10.0. The van der Waals surface area contributed by atoms with Crippen LogP contribution in [0.2, 0.25) is 5.02 Å². The van der Waals surface area contributed by atoms with Gasteiger partial charge in [-0.25, -0.2) is 0 Å². The van der Waals surface area contributed by atoms with E-state index >= 15 is 0 Å². The highest BCUT2D eigenvalue weighted by atomic mass is 35.5. The van der Waals surface area contributed by atoms with Crippen LogP contribution in [0.5, 0.6) is 0 Å². The van der Waals surface area contributed by atoms with Crippen LogP contribution in [0.3, 0.4) is 0 Å². The molecule has 0 radical (unpaired) electrons. The van der Waals surface area contributed by atoms with Gasteiger partial charge in [-0.2, -0.15) is 0 Å². The number of carbonyl (C=O) groups is 2. The molecule has 1 aromatic heterocycles. The van der Waals surface area contributed by atoms with Gasteiger partial charge >= 0.3 is 11.8 Å². The lowest BCUT2D eigenvalue weighted by molar-refractivity contribution is -0.136. The number of carbonyl (C=O) groups excluding carboxylic acids is 2. The van der Waals surface area contributed by atoms with Gasteiger partial charge in [-0.15, -0.1) is 0 Å². The number of aryl methyl sites for hydroxylation is 1. The number of furan rings is 1. The molecule has 1 atom stereocenters. The highest BCUT2D eigenvalue weighted by molar-refractivity contribution is 6.39. The van der Waals surface area contributed by atoms with Crippen molar-refractivity contribution >= 4 is 29.1 Å². The van der Waals surface area contributed by atoms with Crippen LogP contribution in [0.25, 0.3) is 0 Å². The predicted octanol–water partition coefficient (Wildman–Crippen LogP) is 2.20. The monoisotopic (exact) mass is 336 g/mol. The summed E-state index contributed by atoms with van der Waals surface area (Å²) in [5.74, 6) is -1.39. The van der Waals surface area contributed by atoms with Crippen molar-refractivity contribution in [1.29, 1.82) is 0 Å². The van der Waals surface area contributed by atoms with Crippen LogP contribution < -0.4 is 10.6 Å². The number of rotatable bonds is 4. The van der Waals surface area contributed by atoms with Gasteiger partial charge in [0.1, 0.15) is 11.4 Å². The van der Waals surface area contributed by atoms with Gasteiger partial charge in [-0.1, -0.05) is 11.6 Å². The molecule has 0 fully saturated rings. The van der Waals surface area contributed by atoms with Crippen molar-refractivity contribution in [3.05, 3.63) is 52.9 Å². The number of halogens is 1. The number of hydrogen-bond acceptors (Lipinski definition) is 4. The molecule has 2 aromatic rings. The summed E-state index contributed by atoms with van der Waals surface area (Å²) in [5.41, 5.74) is -0.177. The van der Waals surface area contributed by atoms with Crippen LogP contribution in [0.1, 0.15) is 18.2 Å². The van der Waals surface area contributed by atoms with Crippen LogP contribution in [-0.2, 0) is 15.2 Å². The maximum atomic E-state index is 11.9. The standard InChI is InChI=1S/C16H17ClN2O4/c1-10-8-11(17)5-6-12(10)19-15(21)14(20)18-9-16(2,22)13-4-3-7-23-13/h3-8,22H,9H2,1-2H3,(H,18,20)(H,19,21). The number of nitrogens with one attached hydrogen (secondary N) is 2. The van der Waals surface area contributed by atoms with Gasteiger partial charge in [0.15, 0.2) is 0 Å². The Balaban J connectivity index is 1.94. The van der Waals surface area contributed by atoms with E-state index in [2.05, 4.69) is 10.6 Å². The molecule has 1 heterocycles. The van der Waals surface area contributed by atoms with E-state index in [1.165, 1.54) is 13.2 Å². The molecule has 122 valence electrons. The molecule has 7 heteroatoms. The summed E-state index contributed by atoms with van der Waals surface area (Å²) >= 11 is 5.84. The van der Waals surface area contributed by atoms with Crippen molar-refractivity contribution < 1.29 is 19.1 Å². The molecule has 0 bridgehead atoms. The number of benzene rings is 1. The maximum absolute atomic E-state index is 11.9. The normalized spacial score (nSPS) is 13.2. The first-order chi connectivity index (χ1) is 10.8. The minimum absolute atomic E-state index is 0.160. The van der Waals surface area contributed by atoms with Gasteiger partial charge in [0.2, 0.25) is 0 Å². The summed E-state index contributed by atoms with van der Waals surface area (Å²) in [5, 5.41) is 15.6. The molecule has 3 N–H and O–H groups in total. The highest BCUT2D eigenvalue weighted by Gasteiger charge is 2.28. The number of hydrogen-bond donors (Lipinski definition) is 3. The van der Waals surface area contributed by atoms with E-state index in [1.807, 2.05) is 0 Å². The van der Waals surface area contributed by atoms with Crippen molar-refractivity contribution in [3.8, 4) is 0 Å². The summed E-state index contributed by atoms with van der Waals surface area (Å²) < 4.78 is 5.10. The first kappa shape index (κ1) is 17.1. The Labute approximate surface area is 138 Å². The molecule has 0 aliphatic rings. The van der Waals surface area contributed by atoms with Gasteiger partial charge in [-0.3, -0.25) is 9.59 Å². The summed E-state index contributed by atoms with van der Waals surface area (Å²) in [7, 11) is 0. The van der Waals surface area contributed by atoms with Crippen molar-refractivity contribution in [2.75, 3.05) is 11.9 Å². The first-order valence-corrected chi connectivity index (χ1v) is 7.29. The Kier molecular flexibility index (Phi) is 5.08. The highest BCUT2D eigenvalue weighted by Crippen LogP contribution is 2.20. The molecular formula is C16H17ClN2O4. The van der Waals surface area contributed by atoms with E-state index < -0.39 is 17.4 Å². The zero-order chi connectivity index (χ0) is 17.0. The largest absolute Gasteiger partial charge is 0.466 e. The predicted molar refractivity (Wildman–Crippen MR) is 86.1 cm³/mol. The molecule has 0 spiro atoms. The molecule has 6 nitrogen and oxygen atoms in total. The second-order valence-electron chi connectivity index (χ2n) is 5.35.